The molecule has 1 aromatic heterocycles. The quantitative estimate of drug-likeness (QED) is 0.789. The van der Waals surface area contributed by atoms with E-state index in [2.05, 4.69) is 83.5 Å². The highest BCUT2D eigenvalue weighted by atomic mass is 79.9. The Labute approximate surface area is 129 Å². The highest BCUT2D eigenvalue weighted by Gasteiger charge is 2.22. The molecule has 0 unspecified atom stereocenters. The minimum absolute atomic E-state index is 0.0142. The van der Waals surface area contributed by atoms with Crippen LogP contribution in [0, 0.1) is 13.8 Å². The average Bonchev–Trinajstić information content (AvgIpc) is 2.76. The van der Waals surface area contributed by atoms with Crippen LogP contribution in [-0.2, 0) is 17.3 Å². The molecule has 20 heavy (non-hydrogen) atoms. The molecule has 4 heteroatoms. The molecule has 0 saturated heterocycles. The van der Waals surface area contributed by atoms with Crippen molar-refractivity contribution in [3.8, 4) is 0 Å². The van der Waals surface area contributed by atoms with Crippen LogP contribution in [0.1, 0.15) is 49.1 Å². The van der Waals surface area contributed by atoms with Crippen molar-refractivity contribution >= 4 is 15.9 Å². The van der Waals surface area contributed by atoms with E-state index in [1.54, 1.807) is 0 Å². The van der Waals surface area contributed by atoms with Gasteiger partial charge in [-0.15, -0.1) is 10.2 Å². The van der Waals surface area contributed by atoms with E-state index in [9.17, 15) is 0 Å². The molecular formula is C16H22BrN3. The first-order valence-corrected chi connectivity index (χ1v) is 8.01. The van der Waals surface area contributed by atoms with Crippen molar-refractivity contribution < 1.29 is 0 Å². The number of hydrogen-bond acceptors (Lipinski definition) is 2. The molecule has 0 spiro atoms. The first kappa shape index (κ1) is 15.2. The van der Waals surface area contributed by atoms with Gasteiger partial charge in [0.15, 0.2) is 0 Å². The molecular weight excluding hydrogens is 314 g/mol. The lowest BCUT2D eigenvalue weighted by atomic mass is 10.0. The summed E-state index contributed by atoms with van der Waals surface area (Å²) in [5.74, 6) is 2.01. The number of rotatable bonds is 3. The topological polar surface area (TPSA) is 30.7 Å². The van der Waals surface area contributed by atoms with Crippen LogP contribution in [0.4, 0.5) is 0 Å². The molecule has 1 heterocycles. The lowest BCUT2D eigenvalue weighted by Gasteiger charge is -2.25. The first-order chi connectivity index (χ1) is 9.32. The molecule has 0 N–H and O–H groups in total. The summed E-state index contributed by atoms with van der Waals surface area (Å²) in [4.78, 5) is 0. The van der Waals surface area contributed by atoms with E-state index in [4.69, 9.17) is 0 Å². The number of nitrogens with zero attached hydrogens (tertiary/aromatic N) is 3. The van der Waals surface area contributed by atoms with Gasteiger partial charge in [-0.3, -0.25) is 0 Å². The van der Waals surface area contributed by atoms with Crippen molar-refractivity contribution in [3.05, 3.63) is 46.5 Å². The Hall–Kier alpha value is -1.16. The van der Waals surface area contributed by atoms with Crippen molar-refractivity contribution in [1.82, 2.24) is 14.8 Å². The first-order valence-electron chi connectivity index (χ1n) is 6.88. The molecule has 3 nitrogen and oxygen atoms in total. The number of halogens is 1. The van der Waals surface area contributed by atoms with Gasteiger partial charge in [0.05, 0.1) is 5.33 Å². The van der Waals surface area contributed by atoms with E-state index in [-0.39, 0.29) is 5.54 Å². The molecule has 0 fully saturated rings. The van der Waals surface area contributed by atoms with Gasteiger partial charge in [0.1, 0.15) is 11.6 Å². The highest BCUT2D eigenvalue weighted by Crippen LogP contribution is 2.23. The Bertz CT molecular complexity index is 609. The van der Waals surface area contributed by atoms with Gasteiger partial charge in [-0.1, -0.05) is 39.7 Å². The fraction of sp³-hybridized carbons (Fsp3) is 0.500. The summed E-state index contributed by atoms with van der Waals surface area (Å²) in [6.45, 7) is 10.8. The zero-order valence-electron chi connectivity index (χ0n) is 12.9. The number of aromatic nitrogens is 3. The molecule has 0 radical (unpaired) electrons. The Kier molecular flexibility index (Phi) is 4.33. The molecule has 1 aromatic carbocycles. The van der Waals surface area contributed by atoms with Crippen molar-refractivity contribution in [2.24, 2.45) is 0 Å². The van der Waals surface area contributed by atoms with E-state index >= 15 is 0 Å². The summed E-state index contributed by atoms with van der Waals surface area (Å²) in [6, 6.07) is 6.57. The lowest BCUT2D eigenvalue weighted by molar-refractivity contribution is 0.375. The second-order valence-electron chi connectivity index (χ2n) is 6.28. The van der Waals surface area contributed by atoms with Crippen LogP contribution in [-0.4, -0.2) is 14.8 Å². The van der Waals surface area contributed by atoms with Gasteiger partial charge in [0.25, 0.3) is 0 Å². The maximum absolute atomic E-state index is 4.40. The third-order valence-electron chi connectivity index (χ3n) is 3.44. The lowest BCUT2D eigenvalue weighted by Crippen LogP contribution is -2.26. The van der Waals surface area contributed by atoms with Crippen LogP contribution >= 0.6 is 15.9 Å². The minimum atomic E-state index is -0.0142. The molecule has 0 aliphatic rings. The average molecular weight is 336 g/mol. The van der Waals surface area contributed by atoms with Gasteiger partial charge in [-0.2, -0.15) is 0 Å². The van der Waals surface area contributed by atoms with Crippen LogP contribution < -0.4 is 0 Å². The van der Waals surface area contributed by atoms with Crippen molar-refractivity contribution in [3.63, 3.8) is 0 Å². The van der Waals surface area contributed by atoms with Gasteiger partial charge < -0.3 is 4.57 Å². The molecule has 108 valence electrons. The summed E-state index contributed by atoms with van der Waals surface area (Å²) in [5.41, 5.74) is 3.90. The van der Waals surface area contributed by atoms with Crippen molar-refractivity contribution in [2.45, 2.75) is 51.9 Å². The zero-order chi connectivity index (χ0) is 14.9. The monoisotopic (exact) mass is 335 g/mol. The summed E-state index contributed by atoms with van der Waals surface area (Å²) in [5, 5.41) is 9.44. The van der Waals surface area contributed by atoms with Crippen LogP contribution in [0.15, 0.2) is 18.2 Å². The normalized spacial score (nSPS) is 11.9. The van der Waals surface area contributed by atoms with E-state index < -0.39 is 0 Å². The Morgan fingerprint density at radius 2 is 1.75 bits per heavy atom. The number of hydrogen-bond donors (Lipinski definition) is 0. The maximum atomic E-state index is 4.40. The summed E-state index contributed by atoms with van der Waals surface area (Å²) in [7, 11) is 0. The summed E-state index contributed by atoms with van der Waals surface area (Å²) in [6.07, 6.45) is 0.824. The molecule has 2 rings (SSSR count). The number of alkyl halides is 1. The SMILES string of the molecule is Cc1ccc(C)c(Cc2nnc(CBr)n2C(C)(C)C)c1. The number of benzene rings is 1. The van der Waals surface area contributed by atoms with Gasteiger partial charge >= 0.3 is 0 Å². The van der Waals surface area contributed by atoms with Crippen molar-refractivity contribution in [1.29, 1.82) is 0 Å². The molecule has 0 aliphatic heterocycles. The summed E-state index contributed by atoms with van der Waals surface area (Å²) < 4.78 is 2.24. The molecule has 0 saturated carbocycles. The van der Waals surface area contributed by atoms with E-state index in [0.29, 0.717) is 0 Å². The second kappa shape index (κ2) is 5.68. The molecule has 0 atom stereocenters. The van der Waals surface area contributed by atoms with E-state index in [1.807, 2.05) is 0 Å². The standard InChI is InChI=1S/C16H22BrN3/c1-11-6-7-12(2)13(8-11)9-14-18-19-15(10-17)20(14)16(3,4)5/h6-8H,9-10H2,1-5H3. The largest absolute Gasteiger partial charge is 0.309 e. The van der Waals surface area contributed by atoms with Crippen LogP contribution in [0.2, 0.25) is 0 Å². The van der Waals surface area contributed by atoms with Crippen LogP contribution in [0.3, 0.4) is 0 Å². The predicted molar refractivity (Wildman–Crippen MR) is 86.4 cm³/mol. The van der Waals surface area contributed by atoms with Gasteiger partial charge in [-0.25, -0.2) is 0 Å². The maximum Gasteiger partial charge on any atom is 0.144 e. The fourth-order valence-electron chi connectivity index (χ4n) is 2.49. The van der Waals surface area contributed by atoms with Crippen LogP contribution in [0.5, 0.6) is 0 Å². The Balaban J connectivity index is 2.44. The Morgan fingerprint density at radius 1 is 1.10 bits per heavy atom. The third-order valence-corrected chi connectivity index (χ3v) is 3.94. The zero-order valence-corrected chi connectivity index (χ0v) is 14.5. The second-order valence-corrected chi connectivity index (χ2v) is 6.84. The summed E-state index contributed by atoms with van der Waals surface area (Å²) >= 11 is 3.50. The number of aryl methyl sites for hydroxylation is 2. The van der Waals surface area contributed by atoms with Crippen molar-refractivity contribution in [2.75, 3.05) is 0 Å². The predicted octanol–water partition coefficient (Wildman–Crippen LogP) is 4.14. The minimum Gasteiger partial charge on any atom is -0.309 e. The highest BCUT2D eigenvalue weighted by molar-refractivity contribution is 9.08. The molecule has 0 aliphatic carbocycles. The van der Waals surface area contributed by atoms with E-state index in [0.717, 1.165) is 23.4 Å². The van der Waals surface area contributed by atoms with E-state index in [1.165, 1.54) is 16.7 Å². The van der Waals surface area contributed by atoms with Crippen LogP contribution in [0.25, 0.3) is 0 Å². The molecule has 2 aromatic rings. The smallest absolute Gasteiger partial charge is 0.144 e. The molecule has 0 amide bonds. The third kappa shape index (κ3) is 3.11. The fourth-order valence-corrected chi connectivity index (χ4v) is 2.85. The van der Waals surface area contributed by atoms with Gasteiger partial charge in [0.2, 0.25) is 0 Å². The molecule has 0 bridgehead atoms. The van der Waals surface area contributed by atoms with Gasteiger partial charge in [0, 0.05) is 12.0 Å². The Morgan fingerprint density at radius 3 is 2.35 bits per heavy atom. The van der Waals surface area contributed by atoms with Gasteiger partial charge in [-0.05, 0) is 45.7 Å².